The topological polar surface area (TPSA) is 108 Å². The van der Waals surface area contributed by atoms with Gasteiger partial charge in [0.1, 0.15) is 11.2 Å². The fourth-order valence-corrected chi connectivity index (χ4v) is 4.56. The van der Waals surface area contributed by atoms with Crippen LogP contribution in [0, 0.1) is 5.92 Å². The number of hydrogen-bond acceptors (Lipinski definition) is 6. The van der Waals surface area contributed by atoms with Crippen molar-refractivity contribution in [1.82, 2.24) is 35.1 Å². The van der Waals surface area contributed by atoms with Crippen molar-refractivity contribution in [3.63, 3.8) is 0 Å². The number of aromatic amines is 2. The molecule has 8 heteroatoms. The molecule has 36 heavy (non-hydrogen) atoms. The fraction of sp³-hybridized carbons (Fsp3) is 0.107. The van der Waals surface area contributed by atoms with Gasteiger partial charge in [0, 0.05) is 47.0 Å². The molecule has 0 amide bonds. The van der Waals surface area contributed by atoms with Crippen LogP contribution in [0.2, 0.25) is 0 Å². The number of nitrogens with zero attached hydrogens (tertiary/aromatic N) is 5. The summed E-state index contributed by atoms with van der Waals surface area (Å²) in [5.74, 6) is 0.571. The highest BCUT2D eigenvalue weighted by atomic mass is 15.1. The second kappa shape index (κ2) is 8.13. The number of aromatic nitrogens is 7. The number of anilines is 1. The zero-order chi connectivity index (χ0) is 24.1. The first-order chi connectivity index (χ1) is 17.7. The van der Waals surface area contributed by atoms with Crippen molar-refractivity contribution in [2.75, 3.05) is 5.32 Å². The summed E-state index contributed by atoms with van der Waals surface area (Å²) in [6.45, 7) is 4.16. The van der Waals surface area contributed by atoms with Crippen LogP contribution in [0.1, 0.15) is 12.8 Å². The maximum atomic E-state index is 4.97. The Morgan fingerprint density at radius 2 is 1.75 bits per heavy atom. The van der Waals surface area contributed by atoms with Gasteiger partial charge < -0.3 is 10.3 Å². The van der Waals surface area contributed by atoms with E-state index in [0.29, 0.717) is 5.92 Å². The van der Waals surface area contributed by atoms with E-state index in [9.17, 15) is 0 Å². The third-order valence-corrected chi connectivity index (χ3v) is 6.61. The normalized spacial score (nSPS) is 13.3. The third kappa shape index (κ3) is 3.60. The quantitative estimate of drug-likeness (QED) is 0.277. The summed E-state index contributed by atoms with van der Waals surface area (Å²) in [5, 5.41) is 12.2. The fourth-order valence-electron chi connectivity index (χ4n) is 4.56. The first kappa shape index (κ1) is 20.5. The largest absolute Gasteiger partial charge is 0.358 e. The van der Waals surface area contributed by atoms with E-state index in [4.69, 9.17) is 4.98 Å². The highest BCUT2D eigenvalue weighted by Gasteiger charge is 2.24. The van der Waals surface area contributed by atoms with Crippen LogP contribution in [-0.4, -0.2) is 35.1 Å². The molecule has 6 aromatic rings. The minimum Gasteiger partial charge on any atom is -0.358 e. The molecule has 174 valence electrons. The van der Waals surface area contributed by atoms with Crippen LogP contribution >= 0.6 is 0 Å². The van der Waals surface area contributed by atoms with Crippen LogP contribution in [0.4, 0.5) is 5.69 Å². The average molecular weight is 471 g/mol. The molecule has 0 aromatic carbocycles. The maximum absolute atomic E-state index is 4.97. The Balaban J connectivity index is 1.28. The van der Waals surface area contributed by atoms with Gasteiger partial charge in [0.05, 0.1) is 40.5 Å². The van der Waals surface area contributed by atoms with E-state index in [1.165, 1.54) is 12.8 Å². The molecule has 1 saturated carbocycles. The summed E-state index contributed by atoms with van der Waals surface area (Å²) >= 11 is 0. The minimum absolute atomic E-state index is 0.571. The van der Waals surface area contributed by atoms with E-state index in [1.807, 2.05) is 49.1 Å². The first-order valence-electron chi connectivity index (χ1n) is 11.9. The number of rotatable bonds is 6. The summed E-state index contributed by atoms with van der Waals surface area (Å²) in [5.41, 5.74) is 10.0. The smallest absolute Gasteiger partial charge is 0.135 e. The van der Waals surface area contributed by atoms with Gasteiger partial charge in [0.2, 0.25) is 0 Å². The molecule has 0 spiro atoms. The van der Waals surface area contributed by atoms with E-state index >= 15 is 0 Å². The van der Waals surface area contributed by atoms with Gasteiger partial charge in [-0.3, -0.25) is 20.1 Å². The molecule has 8 nitrogen and oxygen atoms in total. The molecule has 3 N–H and O–H groups in total. The lowest BCUT2D eigenvalue weighted by atomic mass is 10.1. The van der Waals surface area contributed by atoms with E-state index in [1.54, 1.807) is 12.4 Å². The van der Waals surface area contributed by atoms with Crippen molar-refractivity contribution in [3.8, 4) is 33.8 Å². The number of allylic oxidation sites excluding steroid dienone is 1. The van der Waals surface area contributed by atoms with Crippen molar-refractivity contribution in [2.45, 2.75) is 12.8 Å². The van der Waals surface area contributed by atoms with Gasteiger partial charge in [0.15, 0.2) is 0 Å². The van der Waals surface area contributed by atoms with E-state index in [0.717, 1.165) is 67.1 Å². The Kier molecular flexibility index (Phi) is 4.63. The molecule has 0 aliphatic heterocycles. The van der Waals surface area contributed by atoms with Crippen LogP contribution in [0.15, 0.2) is 85.9 Å². The standard InChI is InChI=1S/C28H22N8/c1-16(17-2-3-17)32-20-10-19(12-30-13-20)23-4-5-24-27(34-23)28(36-35-24)25-11-21-22(14-31-15-26(21)33-25)18-6-8-29-9-7-18/h4-15,17,32-33H,1-3H2,(H,35,36). The van der Waals surface area contributed by atoms with Crippen LogP contribution in [0.3, 0.4) is 0 Å². The van der Waals surface area contributed by atoms with Gasteiger partial charge in [-0.2, -0.15) is 5.10 Å². The predicted molar refractivity (Wildman–Crippen MR) is 141 cm³/mol. The van der Waals surface area contributed by atoms with Crippen molar-refractivity contribution in [1.29, 1.82) is 0 Å². The second-order valence-corrected chi connectivity index (χ2v) is 9.12. The van der Waals surface area contributed by atoms with E-state index < -0.39 is 0 Å². The summed E-state index contributed by atoms with van der Waals surface area (Å²) in [7, 11) is 0. The van der Waals surface area contributed by atoms with Gasteiger partial charge in [-0.15, -0.1) is 0 Å². The lowest BCUT2D eigenvalue weighted by Crippen LogP contribution is -2.00. The molecule has 1 aliphatic carbocycles. The van der Waals surface area contributed by atoms with Crippen molar-refractivity contribution in [2.24, 2.45) is 5.92 Å². The monoisotopic (exact) mass is 470 g/mol. The lowest BCUT2D eigenvalue weighted by Gasteiger charge is -2.09. The predicted octanol–water partition coefficient (Wildman–Crippen LogP) is 5.96. The minimum atomic E-state index is 0.571. The second-order valence-electron chi connectivity index (χ2n) is 9.12. The van der Waals surface area contributed by atoms with Gasteiger partial charge in [-0.05, 0) is 60.7 Å². The Bertz CT molecular complexity index is 1740. The molecule has 1 fully saturated rings. The summed E-state index contributed by atoms with van der Waals surface area (Å²) in [6, 6.07) is 12.1. The highest BCUT2D eigenvalue weighted by Crippen LogP contribution is 2.36. The van der Waals surface area contributed by atoms with Crippen molar-refractivity contribution < 1.29 is 0 Å². The molecule has 1 aliphatic rings. The molecule has 7 rings (SSSR count). The SMILES string of the molecule is C=C(Nc1cncc(-c2ccc3[nH]nc(-c4cc5c(-c6ccncc6)cncc5[nH]4)c3n2)c1)C1CC1. The van der Waals surface area contributed by atoms with Gasteiger partial charge in [-0.25, -0.2) is 4.98 Å². The first-order valence-corrected chi connectivity index (χ1v) is 11.9. The number of fused-ring (bicyclic) bond motifs is 2. The van der Waals surface area contributed by atoms with Crippen molar-refractivity contribution in [3.05, 3.63) is 85.9 Å². The van der Waals surface area contributed by atoms with Crippen LogP contribution in [0.5, 0.6) is 0 Å². The van der Waals surface area contributed by atoms with E-state index in [2.05, 4.69) is 54.2 Å². The van der Waals surface area contributed by atoms with Gasteiger partial charge in [0.25, 0.3) is 0 Å². The molecule has 0 saturated heterocycles. The molecular formula is C28H22N8. The molecule has 0 atom stereocenters. The molecule has 0 radical (unpaired) electrons. The Morgan fingerprint density at radius 3 is 2.61 bits per heavy atom. The van der Waals surface area contributed by atoms with Crippen LogP contribution < -0.4 is 5.32 Å². The number of nitrogens with one attached hydrogen (secondary N) is 3. The summed E-state index contributed by atoms with van der Waals surface area (Å²) < 4.78 is 0. The summed E-state index contributed by atoms with van der Waals surface area (Å²) in [4.78, 5) is 21.4. The molecule has 6 heterocycles. The molecule has 0 bridgehead atoms. The van der Waals surface area contributed by atoms with E-state index in [-0.39, 0.29) is 0 Å². The average Bonchev–Trinajstić information content (AvgIpc) is 3.55. The van der Waals surface area contributed by atoms with Crippen LogP contribution in [0.25, 0.3) is 55.7 Å². The molecule has 0 unspecified atom stereocenters. The number of H-pyrrole nitrogens is 2. The zero-order valence-electron chi connectivity index (χ0n) is 19.4. The lowest BCUT2D eigenvalue weighted by molar-refractivity contribution is 1.02. The molecule has 6 aromatic heterocycles. The van der Waals surface area contributed by atoms with Crippen molar-refractivity contribution >= 4 is 27.6 Å². The summed E-state index contributed by atoms with van der Waals surface area (Å²) in [6.07, 6.45) is 13.3. The van der Waals surface area contributed by atoms with Crippen LogP contribution in [-0.2, 0) is 0 Å². The third-order valence-electron chi connectivity index (χ3n) is 6.61. The zero-order valence-corrected chi connectivity index (χ0v) is 19.4. The van der Waals surface area contributed by atoms with Gasteiger partial charge in [-0.1, -0.05) is 6.58 Å². The molecular weight excluding hydrogens is 448 g/mol. The van der Waals surface area contributed by atoms with Gasteiger partial charge >= 0.3 is 0 Å². The number of hydrogen-bond donors (Lipinski definition) is 3. The Hall–Kier alpha value is -4.85. The maximum Gasteiger partial charge on any atom is 0.135 e. The highest BCUT2D eigenvalue weighted by molar-refractivity contribution is 5.99. The Morgan fingerprint density at radius 1 is 0.889 bits per heavy atom. The Labute approximate surface area is 206 Å². The number of pyridine rings is 4.